The van der Waals surface area contributed by atoms with Crippen LogP contribution in [0.5, 0.6) is 0 Å². The van der Waals surface area contributed by atoms with Gasteiger partial charge in [0.25, 0.3) is 5.91 Å². The first-order valence-corrected chi connectivity index (χ1v) is 8.58. The van der Waals surface area contributed by atoms with Crippen LogP contribution in [0.2, 0.25) is 0 Å². The third-order valence-corrected chi connectivity index (χ3v) is 5.70. The third-order valence-electron chi connectivity index (χ3n) is 3.92. The summed E-state index contributed by atoms with van der Waals surface area (Å²) in [5, 5.41) is 7.44. The van der Waals surface area contributed by atoms with E-state index >= 15 is 0 Å². The quantitative estimate of drug-likeness (QED) is 0.882. The van der Waals surface area contributed by atoms with Gasteiger partial charge >= 0.3 is 0 Å². The molecule has 1 aliphatic heterocycles. The average Bonchev–Trinajstić information content (AvgIpc) is 2.93. The fraction of sp³-hybridized carbons (Fsp3) is 0.462. The van der Waals surface area contributed by atoms with E-state index in [1.54, 1.807) is 30.1 Å². The SMILES string of the molecule is CN(C(=O)c1ccc2nonc2c1)C1CCS(O)(O)CC1. The Labute approximate surface area is 123 Å². The van der Waals surface area contributed by atoms with E-state index in [-0.39, 0.29) is 11.9 Å². The van der Waals surface area contributed by atoms with Crippen LogP contribution in [0.15, 0.2) is 22.8 Å². The topological polar surface area (TPSA) is 99.7 Å². The molecule has 1 aromatic heterocycles. The molecular formula is C13H17N3O4S. The lowest BCUT2D eigenvalue weighted by atomic mass is 10.1. The Bertz CT molecular complexity index is 662. The molecule has 1 saturated heterocycles. The molecule has 114 valence electrons. The minimum absolute atomic E-state index is 0.0311. The van der Waals surface area contributed by atoms with E-state index in [2.05, 4.69) is 14.9 Å². The molecule has 0 unspecified atom stereocenters. The van der Waals surface area contributed by atoms with Crippen molar-refractivity contribution in [2.75, 3.05) is 18.6 Å². The highest BCUT2D eigenvalue weighted by atomic mass is 32.3. The summed E-state index contributed by atoms with van der Waals surface area (Å²) in [6.45, 7) is 0. The van der Waals surface area contributed by atoms with Crippen LogP contribution in [-0.4, -0.2) is 54.8 Å². The van der Waals surface area contributed by atoms with E-state index in [0.29, 0.717) is 40.9 Å². The first-order chi connectivity index (χ1) is 9.96. The number of fused-ring (bicyclic) bond motifs is 1. The number of hydrogen-bond donors (Lipinski definition) is 2. The monoisotopic (exact) mass is 311 g/mol. The lowest BCUT2D eigenvalue weighted by Crippen LogP contribution is -2.41. The second kappa shape index (κ2) is 5.28. The molecule has 0 bridgehead atoms. The molecule has 2 aromatic rings. The Hall–Kier alpha value is -1.64. The highest BCUT2D eigenvalue weighted by Crippen LogP contribution is 2.44. The Balaban J connectivity index is 1.75. The summed E-state index contributed by atoms with van der Waals surface area (Å²) in [6.07, 6.45) is 1.22. The van der Waals surface area contributed by atoms with Crippen molar-refractivity contribution in [1.82, 2.24) is 15.2 Å². The third kappa shape index (κ3) is 2.87. The van der Waals surface area contributed by atoms with Crippen LogP contribution < -0.4 is 0 Å². The highest BCUT2D eigenvalue weighted by molar-refractivity contribution is 8.24. The maximum atomic E-state index is 12.5. The van der Waals surface area contributed by atoms with Crippen LogP contribution >= 0.6 is 10.6 Å². The van der Waals surface area contributed by atoms with E-state index in [1.807, 2.05) is 0 Å². The van der Waals surface area contributed by atoms with Gasteiger partial charge in [0.15, 0.2) is 0 Å². The van der Waals surface area contributed by atoms with Crippen LogP contribution in [0.4, 0.5) is 0 Å². The van der Waals surface area contributed by atoms with Crippen molar-refractivity contribution in [2.24, 2.45) is 0 Å². The van der Waals surface area contributed by atoms with E-state index in [0.717, 1.165) is 0 Å². The maximum Gasteiger partial charge on any atom is 0.253 e. The molecule has 21 heavy (non-hydrogen) atoms. The Kier molecular flexibility index (Phi) is 3.60. The van der Waals surface area contributed by atoms with Crippen LogP contribution in [0.3, 0.4) is 0 Å². The van der Waals surface area contributed by atoms with Gasteiger partial charge in [0.2, 0.25) is 0 Å². The van der Waals surface area contributed by atoms with E-state index in [4.69, 9.17) is 0 Å². The van der Waals surface area contributed by atoms with E-state index in [1.165, 1.54) is 0 Å². The summed E-state index contributed by atoms with van der Waals surface area (Å²) in [4.78, 5) is 14.2. The smallest absolute Gasteiger partial charge is 0.253 e. The fourth-order valence-electron chi connectivity index (χ4n) is 2.57. The van der Waals surface area contributed by atoms with Crippen LogP contribution in [0, 0.1) is 0 Å². The van der Waals surface area contributed by atoms with Crippen LogP contribution in [-0.2, 0) is 0 Å². The van der Waals surface area contributed by atoms with Gasteiger partial charge in [-0.25, -0.2) is 4.63 Å². The van der Waals surface area contributed by atoms with Gasteiger partial charge in [-0.1, -0.05) is 0 Å². The second-order valence-corrected chi connectivity index (χ2v) is 7.75. The number of carbonyl (C=O) groups is 1. The molecule has 0 saturated carbocycles. The summed E-state index contributed by atoms with van der Waals surface area (Å²) in [7, 11) is -0.684. The summed E-state index contributed by atoms with van der Waals surface area (Å²) >= 11 is 0. The first-order valence-electron chi connectivity index (χ1n) is 6.69. The molecule has 1 fully saturated rings. The van der Waals surface area contributed by atoms with E-state index in [9.17, 15) is 13.9 Å². The highest BCUT2D eigenvalue weighted by Gasteiger charge is 2.29. The zero-order valence-electron chi connectivity index (χ0n) is 11.6. The number of amides is 1. The standard InChI is InChI=1S/C13H17N3O4S/c1-16(10-4-6-21(18,19)7-5-10)13(17)9-2-3-11-12(8-9)15-20-14-11/h2-3,8,10,18-19H,4-7H2,1H3. The lowest BCUT2D eigenvalue weighted by Gasteiger charge is -2.42. The molecule has 0 aliphatic carbocycles. The van der Waals surface area contributed by atoms with Crippen molar-refractivity contribution in [2.45, 2.75) is 18.9 Å². The van der Waals surface area contributed by atoms with Gasteiger partial charge in [-0.2, -0.15) is 10.6 Å². The number of nitrogens with zero attached hydrogens (tertiary/aromatic N) is 3. The van der Waals surface area contributed by atoms with Crippen molar-refractivity contribution in [3.05, 3.63) is 23.8 Å². The average molecular weight is 311 g/mol. The number of rotatable bonds is 2. The van der Waals surface area contributed by atoms with Gasteiger partial charge < -0.3 is 4.90 Å². The van der Waals surface area contributed by atoms with E-state index < -0.39 is 10.6 Å². The Morgan fingerprint density at radius 1 is 1.29 bits per heavy atom. The van der Waals surface area contributed by atoms with Gasteiger partial charge in [0, 0.05) is 30.2 Å². The number of benzene rings is 1. The van der Waals surface area contributed by atoms with Crippen molar-refractivity contribution in [3.8, 4) is 0 Å². The fourth-order valence-corrected chi connectivity index (χ4v) is 4.07. The van der Waals surface area contributed by atoms with Crippen molar-refractivity contribution >= 4 is 27.5 Å². The Morgan fingerprint density at radius 2 is 1.95 bits per heavy atom. The summed E-state index contributed by atoms with van der Waals surface area (Å²) in [5.41, 5.74) is 1.69. The molecule has 0 atom stereocenters. The molecule has 1 amide bonds. The predicted octanol–water partition coefficient (Wildman–Crippen LogP) is 2.21. The zero-order valence-corrected chi connectivity index (χ0v) is 12.4. The summed E-state index contributed by atoms with van der Waals surface area (Å²) < 4.78 is 23.9. The summed E-state index contributed by atoms with van der Waals surface area (Å²) in [5.74, 6) is 0.617. The van der Waals surface area contributed by atoms with Gasteiger partial charge in [-0.05, 0) is 41.4 Å². The van der Waals surface area contributed by atoms with Gasteiger partial charge in [0.1, 0.15) is 11.0 Å². The molecule has 0 radical (unpaired) electrons. The molecule has 7 nitrogen and oxygen atoms in total. The molecule has 0 spiro atoms. The molecule has 8 heteroatoms. The lowest BCUT2D eigenvalue weighted by molar-refractivity contribution is 0.0720. The second-order valence-electron chi connectivity index (χ2n) is 5.33. The molecule has 1 aromatic carbocycles. The number of hydrogen-bond acceptors (Lipinski definition) is 6. The molecule has 1 aliphatic rings. The number of carbonyl (C=O) groups excluding carboxylic acids is 1. The van der Waals surface area contributed by atoms with Crippen molar-refractivity contribution in [1.29, 1.82) is 0 Å². The molecule has 2 N–H and O–H groups in total. The molecular weight excluding hydrogens is 294 g/mol. The normalized spacial score (nSPS) is 20.3. The van der Waals surface area contributed by atoms with Gasteiger partial charge in [-0.15, -0.1) is 0 Å². The predicted molar refractivity (Wildman–Crippen MR) is 79.5 cm³/mol. The van der Waals surface area contributed by atoms with Crippen molar-refractivity contribution in [3.63, 3.8) is 0 Å². The summed E-state index contributed by atoms with van der Waals surface area (Å²) in [6, 6.07) is 5.08. The maximum absolute atomic E-state index is 12.5. The van der Waals surface area contributed by atoms with Crippen LogP contribution in [0.25, 0.3) is 11.0 Å². The van der Waals surface area contributed by atoms with Crippen molar-refractivity contribution < 1.29 is 18.5 Å². The van der Waals surface area contributed by atoms with Gasteiger partial charge in [-0.3, -0.25) is 13.9 Å². The zero-order chi connectivity index (χ0) is 15.0. The molecule has 2 heterocycles. The number of aromatic nitrogens is 2. The minimum Gasteiger partial charge on any atom is -0.339 e. The van der Waals surface area contributed by atoms with Crippen LogP contribution in [0.1, 0.15) is 23.2 Å². The Morgan fingerprint density at radius 3 is 2.67 bits per heavy atom. The largest absolute Gasteiger partial charge is 0.339 e. The first kappa shape index (κ1) is 14.3. The molecule has 3 rings (SSSR count). The van der Waals surface area contributed by atoms with Gasteiger partial charge in [0.05, 0.1) is 0 Å². The minimum atomic E-state index is -2.43.